The summed E-state index contributed by atoms with van der Waals surface area (Å²) in [6.07, 6.45) is 3.05. The highest BCUT2D eigenvalue weighted by Crippen LogP contribution is 2.28. The monoisotopic (exact) mass is 289 g/mol. The summed E-state index contributed by atoms with van der Waals surface area (Å²) < 4.78 is 0. The second-order valence-corrected chi connectivity index (χ2v) is 6.75. The molecule has 0 spiro atoms. The molecule has 1 heterocycles. The number of hydrogen-bond donors (Lipinski definition) is 2. The number of amides is 1. The van der Waals surface area contributed by atoms with Gasteiger partial charge in [-0.15, -0.1) is 0 Å². The molecule has 4 heteroatoms. The fourth-order valence-electron chi connectivity index (χ4n) is 2.99. The number of rotatable bonds is 5. The summed E-state index contributed by atoms with van der Waals surface area (Å²) in [7, 11) is 0. The van der Waals surface area contributed by atoms with E-state index in [9.17, 15) is 4.79 Å². The normalized spacial score (nSPS) is 18.4. The van der Waals surface area contributed by atoms with E-state index in [0.717, 1.165) is 30.9 Å². The zero-order valence-electron chi connectivity index (χ0n) is 13.2. The third kappa shape index (κ3) is 5.14. The van der Waals surface area contributed by atoms with Crippen LogP contribution < -0.4 is 11.1 Å². The number of nitrogens with one attached hydrogen (secondary N) is 1. The Morgan fingerprint density at radius 1 is 1.43 bits per heavy atom. The predicted molar refractivity (Wildman–Crippen MR) is 87.0 cm³/mol. The minimum atomic E-state index is 0.0764. The smallest absolute Gasteiger partial charge is 0.225 e. The van der Waals surface area contributed by atoms with Gasteiger partial charge in [0.15, 0.2) is 0 Å². The Morgan fingerprint density at radius 3 is 2.95 bits per heavy atom. The molecule has 0 aliphatic carbocycles. The summed E-state index contributed by atoms with van der Waals surface area (Å²) in [4.78, 5) is 14.4. The number of anilines is 1. The maximum absolute atomic E-state index is 12.0. The van der Waals surface area contributed by atoms with Gasteiger partial charge in [-0.3, -0.25) is 4.79 Å². The van der Waals surface area contributed by atoms with Crippen molar-refractivity contribution in [1.82, 2.24) is 4.90 Å². The first-order valence-electron chi connectivity index (χ1n) is 7.80. The van der Waals surface area contributed by atoms with E-state index in [-0.39, 0.29) is 5.91 Å². The van der Waals surface area contributed by atoms with E-state index in [1.54, 1.807) is 0 Å². The van der Waals surface area contributed by atoms with Crippen LogP contribution in [0.25, 0.3) is 0 Å². The molecule has 21 heavy (non-hydrogen) atoms. The number of benzene rings is 1. The summed E-state index contributed by atoms with van der Waals surface area (Å²) in [5, 5.41) is 2.96. The molecular weight excluding hydrogens is 262 g/mol. The molecule has 2 rings (SSSR count). The van der Waals surface area contributed by atoms with Crippen LogP contribution in [0.15, 0.2) is 24.3 Å². The van der Waals surface area contributed by atoms with Crippen molar-refractivity contribution in [2.45, 2.75) is 39.7 Å². The average Bonchev–Trinajstić information content (AvgIpc) is 2.44. The molecule has 1 amide bonds. The van der Waals surface area contributed by atoms with Crippen molar-refractivity contribution in [3.05, 3.63) is 29.8 Å². The van der Waals surface area contributed by atoms with Gasteiger partial charge < -0.3 is 16.0 Å². The van der Waals surface area contributed by atoms with Crippen LogP contribution in [-0.2, 0) is 11.3 Å². The predicted octanol–water partition coefficient (Wildman–Crippen LogP) is 2.60. The quantitative estimate of drug-likeness (QED) is 0.876. The van der Waals surface area contributed by atoms with Crippen LogP contribution in [0.5, 0.6) is 0 Å². The fraction of sp³-hybridized carbons (Fsp3) is 0.588. The van der Waals surface area contributed by atoms with E-state index in [0.29, 0.717) is 18.4 Å². The molecule has 1 fully saturated rings. The molecule has 0 bridgehead atoms. The Kier molecular flexibility index (Phi) is 5.37. The number of nitrogens with two attached hydrogens (primary N) is 1. The zero-order chi connectivity index (χ0) is 15.3. The molecule has 3 N–H and O–H groups in total. The van der Waals surface area contributed by atoms with Crippen LogP contribution in [0.3, 0.4) is 0 Å². The van der Waals surface area contributed by atoms with Crippen molar-refractivity contribution >= 4 is 11.6 Å². The van der Waals surface area contributed by atoms with Crippen molar-refractivity contribution in [2.24, 2.45) is 11.1 Å². The van der Waals surface area contributed by atoms with Gasteiger partial charge in [-0.2, -0.15) is 0 Å². The summed E-state index contributed by atoms with van der Waals surface area (Å²) >= 11 is 0. The first-order chi connectivity index (χ1) is 9.98. The maximum Gasteiger partial charge on any atom is 0.225 e. The molecule has 0 unspecified atom stereocenters. The van der Waals surface area contributed by atoms with Gasteiger partial charge >= 0.3 is 0 Å². The molecule has 0 radical (unpaired) electrons. The zero-order valence-corrected chi connectivity index (χ0v) is 13.2. The van der Waals surface area contributed by atoms with Gasteiger partial charge in [0.2, 0.25) is 5.91 Å². The second kappa shape index (κ2) is 7.05. The molecule has 1 aliphatic heterocycles. The van der Waals surface area contributed by atoms with Gasteiger partial charge in [-0.05, 0) is 42.5 Å². The number of nitrogens with zero attached hydrogens (tertiary/aromatic N) is 1. The minimum Gasteiger partial charge on any atom is -0.326 e. The Labute approximate surface area is 127 Å². The van der Waals surface area contributed by atoms with Crippen LogP contribution in [0, 0.1) is 5.41 Å². The summed E-state index contributed by atoms with van der Waals surface area (Å²) in [6.45, 7) is 8.13. The molecular formula is C17H27N3O. The molecule has 116 valence electrons. The molecule has 0 atom stereocenters. The van der Waals surface area contributed by atoms with Gasteiger partial charge in [-0.1, -0.05) is 26.0 Å². The summed E-state index contributed by atoms with van der Waals surface area (Å²) in [5.74, 6) is 0.0764. The SMILES string of the molecule is CC1(C)CCCN(CCC(=O)Nc2cccc(CN)c2)C1. The number of carbonyl (C=O) groups is 1. The largest absolute Gasteiger partial charge is 0.326 e. The second-order valence-electron chi connectivity index (χ2n) is 6.75. The third-order valence-corrected chi connectivity index (χ3v) is 4.08. The van der Waals surface area contributed by atoms with E-state index in [1.807, 2.05) is 24.3 Å². The fourth-order valence-corrected chi connectivity index (χ4v) is 2.99. The Balaban J connectivity index is 1.79. The first kappa shape index (κ1) is 16.0. The van der Waals surface area contributed by atoms with E-state index < -0.39 is 0 Å². The van der Waals surface area contributed by atoms with E-state index >= 15 is 0 Å². The lowest BCUT2D eigenvalue weighted by atomic mass is 9.84. The Hall–Kier alpha value is -1.39. The number of carbonyl (C=O) groups excluding carboxylic acids is 1. The Bertz CT molecular complexity index is 485. The van der Waals surface area contributed by atoms with E-state index in [4.69, 9.17) is 5.73 Å². The van der Waals surface area contributed by atoms with Crippen molar-refractivity contribution in [3.8, 4) is 0 Å². The number of hydrogen-bond acceptors (Lipinski definition) is 3. The third-order valence-electron chi connectivity index (χ3n) is 4.08. The minimum absolute atomic E-state index is 0.0764. The van der Waals surface area contributed by atoms with Crippen LogP contribution in [0.1, 0.15) is 38.7 Å². The molecule has 4 nitrogen and oxygen atoms in total. The van der Waals surface area contributed by atoms with Gasteiger partial charge in [0.05, 0.1) is 0 Å². The molecule has 0 saturated carbocycles. The van der Waals surface area contributed by atoms with Gasteiger partial charge in [0.25, 0.3) is 0 Å². The lowest BCUT2D eigenvalue weighted by Crippen LogP contribution is -2.41. The van der Waals surface area contributed by atoms with Crippen LogP contribution in [0.2, 0.25) is 0 Å². The van der Waals surface area contributed by atoms with Gasteiger partial charge in [0, 0.05) is 31.7 Å². The molecule has 1 aliphatic rings. The molecule has 1 aromatic rings. The van der Waals surface area contributed by atoms with E-state index in [1.165, 1.54) is 12.8 Å². The average molecular weight is 289 g/mol. The highest BCUT2D eigenvalue weighted by Gasteiger charge is 2.26. The van der Waals surface area contributed by atoms with Crippen molar-refractivity contribution < 1.29 is 4.79 Å². The summed E-state index contributed by atoms with van der Waals surface area (Å²) in [6, 6.07) is 7.72. The molecule has 1 saturated heterocycles. The maximum atomic E-state index is 12.0. The molecule has 0 aromatic heterocycles. The topological polar surface area (TPSA) is 58.4 Å². The van der Waals surface area contributed by atoms with Gasteiger partial charge in [-0.25, -0.2) is 0 Å². The molecule has 1 aromatic carbocycles. The summed E-state index contributed by atoms with van der Waals surface area (Å²) in [5.41, 5.74) is 7.86. The van der Waals surface area contributed by atoms with Crippen LogP contribution >= 0.6 is 0 Å². The van der Waals surface area contributed by atoms with Crippen molar-refractivity contribution in [1.29, 1.82) is 0 Å². The lowest BCUT2D eigenvalue weighted by Gasteiger charge is -2.37. The van der Waals surface area contributed by atoms with Gasteiger partial charge in [0.1, 0.15) is 0 Å². The van der Waals surface area contributed by atoms with Crippen LogP contribution in [-0.4, -0.2) is 30.4 Å². The standard InChI is InChI=1S/C17H27N3O/c1-17(2)8-4-9-20(13-17)10-7-16(21)19-15-6-3-5-14(11-15)12-18/h3,5-6,11H,4,7-10,12-13,18H2,1-2H3,(H,19,21). The lowest BCUT2D eigenvalue weighted by molar-refractivity contribution is -0.116. The highest BCUT2D eigenvalue weighted by atomic mass is 16.1. The Morgan fingerprint density at radius 2 is 2.24 bits per heavy atom. The number of piperidine rings is 1. The number of likely N-dealkylation sites (tertiary alicyclic amines) is 1. The van der Waals surface area contributed by atoms with Crippen molar-refractivity contribution in [2.75, 3.05) is 25.0 Å². The highest BCUT2D eigenvalue weighted by molar-refractivity contribution is 5.90. The van der Waals surface area contributed by atoms with Crippen LogP contribution in [0.4, 0.5) is 5.69 Å². The van der Waals surface area contributed by atoms with Crippen molar-refractivity contribution in [3.63, 3.8) is 0 Å². The first-order valence-corrected chi connectivity index (χ1v) is 7.80. The van der Waals surface area contributed by atoms with E-state index in [2.05, 4.69) is 24.1 Å².